The fraction of sp³-hybridized carbons (Fsp3) is 0.211. The molecule has 2 aromatic heterocycles. The zero-order valence-corrected chi connectivity index (χ0v) is 15.4. The number of hydrogen-bond acceptors (Lipinski definition) is 6. The first kappa shape index (κ1) is 18.5. The highest BCUT2D eigenvalue weighted by Crippen LogP contribution is 2.30. The van der Waals surface area contributed by atoms with E-state index in [1.54, 1.807) is 12.3 Å². The number of nitrogens with zero attached hydrogens (tertiary/aromatic N) is 2. The maximum absolute atomic E-state index is 13.9. The molecular weight excluding hydrogens is 386 g/mol. The van der Waals surface area contributed by atoms with Crippen molar-refractivity contribution in [2.45, 2.75) is 12.5 Å². The highest BCUT2D eigenvalue weighted by Gasteiger charge is 2.20. The molecule has 0 radical (unpaired) electrons. The number of benzene rings is 1. The van der Waals surface area contributed by atoms with Crippen LogP contribution in [0.15, 0.2) is 42.0 Å². The van der Waals surface area contributed by atoms with E-state index in [4.69, 9.17) is 4.74 Å². The molecule has 0 bridgehead atoms. The van der Waals surface area contributed by atoms with Crippen LogP contribution in [0.5, 0.6) is 5.75 Å². The zero-order valence-electron chi connectivity index (χ0n) is 14.6. The number of pyridine rings is 1. The average Bonchev–Trinajstić information content (AvgIpc) is 3.35. The third kappa shape index (κ3) is 3.85. The number of nitrogens with one attached hydrogen (secondary N) is 2. The van der Waals surface area contributed by atoms with Crippen LogP contribution < -0.4 is 15.4 Å². The maximum atomic E-state index is 13.9. The number of carbonyl (C=O) groups excluding carboxylic acids is 1. The summed E-state index contributed by atoms with van der Waals surface area (Å²) in [4.78, 5) is 20.7. The van der Waals surface area contributed by atoms with Gasteiger partial charge in [0.05, 0.1) is 11.8 Å². The molecule has 1 amide bonds. The van der Waals surface area contributed by atoms with Crippen LogP contribution >= 0.6 is 11.3 Å². The third-order valence-corrected chi connectivity index (χ3v) is 5.11. The van der Waals surface area contributed by atoms with Crippen LogP contribution in [0.3, 0.4) is 0 Å². The molecule has 1 aromatic carbocycles. The lowest BCUT2D eigenvalue weighted by molar-refractivity contribution is 0.102. The largest absolute Gasteiger partial charge is 0.487 e. The molecule has 0 aliphatic carbocycles. The Hall–Kier alpha value is -2.91. The Kier molecular flexibility index (Phi) is 5.27. The zero-order chi connectivity index (χ0) is 19.5. The predicted octanol–water partition coefficient (Wildman–Crippen LogP) is 3.48. The SMILES string of the molecule is O=C(Nc1cnccc1O[C@H]1CCNC1)c1csc(-c2c(F)cccc2F)n1. The Morgan fingerprint density at radius 1 is 1.29 bits per heavy atom. The molecule has 144 valence electrons. The summed E-state index contributed by atoms with van der Waals surface area (Å²) in [5, 5.41) is 7.46. The molecular formula is C19H16F2N4O2S. The standard InChI is InChI=1S/C19H16F2N4O2S/c20-12-2-1-3-13(21)17(12)19-25-15(10-28-19)18(26)24-14-9-23-7-5-16(14)27-11-4-6-22-8-11/h1-3,5,7,9-11,22H,4,6,8H2,(H,24,26)/t11-/m0/s1. The van der Waals surface area contributed by atoms with Gasteiger partial charge in [0.2, 0.25) is 0 Å². The van der Waals surface area contributed by atoms with Crippen molar-refractivity contribution >= 4 is 22.9 Å². The lowest BCUT2D eigenvalue weighted by Gasteiger charge is -2.15. The van der Waals surface area contributed by atoms with Crippen molar-refractivity contribution < 1.29 is 18.3 Å². The third-order valence-electron chi connectivity index (χ3n) is 4.25. The number of hydrogen-bond donors (Lipinski definition) is 2. The van der Waals surface area contributed by atoms with Crippen LogP contribution in [0.4, 0.5) is 14.5 Å². The number of anilines is 1. The minimum atomic E-state index is -0.727. The summed E-state index contributed by atoms with van der Waals surface area (Å²) in [6.45, 7) is 1.62. The molecule has 1 saturated heterocycles. The van der Waals surface area contributed by atoms with Gasteiger partial charge in [0.25, 0.3) is 5.91 Å². The average molecular weight is 402 g/mol. The van der Waals surface area contributed by atoms with Crippen LogP contribution in [-0.4, -0.2) is 35.1 Å². The van der Waals surface area contributed by atoms with Crippen molar-refractivity contribution in [3.05, 3.63) is 59.4 Å². The molecule has 6 nitrogen and oxygen atoms in total. The molecule has 1 atom stereocenters. The van der Waals surface area contributed by atoms with E-state index in [9.17, 15) is 13.6 Å². The molecule has 0 saturated carbocycles. The van der Waals surface area contributed by atoms with Gasteiger partial charge in [-0.15, -0.1) is 11.3 Å². The summed E-state index contributed by atoms with van der Waals surface area (Å²) in [7, 11) is 0. The second-order valence-corrected chi connectivity index (χ2v) is 7.05. The second-order valence-electron chi connectivity index (χ2n) is 6.19. The quantitative estimate of drug-likeness (QED) is 0.683. The number of amides is 1. The molecule has 0 unspecified atom stereocenters. The normalized spacial score (nSPS) is 16.1. The smallest absolute Gasteiger partial charge is 0.275 e. The molecule has 1 aliphatic heterocycles. The lowest BCUT2D eigenvalue weighted by atomic mass is 10.2. The van der Waals surface area contributed by atoms with E-state index in [1.807, 2.05) is 0 Å². The van der Waals surface area contributed by atoms with Gasteiger partial charge in [0.15, 0.2) is 0 Å². The van der Waals surface area contributed by atoms with Gasteiger partial charge in [-0.2, -0.15) is 0 Å². The summed E-state index contributed by atoms with van der Waals surface area (Å²) in [5.41, 5.74) is 0.219. The van der Waals surface area contributed by atoms with Crippen molar-refractivity contribution in [3.63, 3.8) is 0 Å². The summed E-state index contributed by atoms with van der Waals surface area (Å²) in [6, 6.07) is 5.25. The fourth-order valence-electron chi connectivity index (χ4n) is 2.87. The van der Waals surface area contributed by atoms with Crippen LogP contribution in [0.2, 0.25) is 0 Å². The van der Waals surface area contributed by atoms with E-state index in [0.29, 0.717) is 11.4 Å². The first-order valence-corrected chi connectivity index (χ1v) is 9.52. The highest BCUT2D eigenvalue weighted by atomic mass is 32.1. The van der Waals surface area contributed by atoms with Crippen LogP contribution in [0.1, 0.15) is 16.9 Å². The summed E-state index contributed by atoms with van der Waals surface area (Å²) in [6.07, 6.45) is 3.96. The molecule has 28 heavy (non-hydrogen) atoms. The highest BCUT2D eigenvalue weighted by molar-refractivity contribution is 7.13. The van der Waals surface area contributed by atoms with Crippen LogP contribution in [0.25, 0.3) is 10.6 Å². The first-order valence-electron chi connectivity index (χ1n) is 8.64. The van der Waals surface area contributed by atoms with E-state index >= 15 is 0 Å². The predicted molar refractivity (Wildman–Crippen MR) is 102 cm³/mol. The van der Waals surface area contributed by atoms with Gasteiger partial charge in [-0.05, 0) is 25.1 Å². The number of halogens is 2. The minimum Gasteiger partial charge on any atom is -0.487 e. The van der Waals surface area contributed by atoms with Crippen molar-refractivity contribution in [1.29, 1.82) is 0 Å². The molecule has 9 heteroatoms. The summed E-state index contributed by atoms with van der Waals surface area (Å²) >= 11 is 0.993. The monoisotopic (exact) mass is 402 g/mol. The minimum absolute atomic E-state index is 0.0213. The van der Waals surface area contributed by atoms with Gasteiger partial charge >= 0.3 is 0 Å². The lowest BCUT2D eigenvalue weighted by Crippen LogP contribution is -2.21. The van der Waals surface area contributed by atoms with Crippen molar-refractivity contribution in [1.82, 2.24) is 15.3 Å². The summed E-state index contributed by atoms with van der Waals surface area (Å²) in [5.74, 6) is -1.46. The van der Waals surface area contributed by atoms with E-state index < -0.39 is 17.5 Å². The molecule has 1 aliphatic rings. The number of carbonyl (C=O) groups is 1. The van der Waals surface area contributed by atoms with Gasteiger partial charge in [-0.25, -0.2) is 13.8 Å². The number of ether oxygens (including phenoxy) is 1. The second kappa shape index (κ2) is 7.99. The molecule has 3 aromatic rings. The Bertz CT molecular complexity index is 985. The van der Waals surface area contributed by atoms with Gasteiger partial charge < -0.3 is 15.4 Å². The van der Waals surface area contributed by atoms with E-state index in [1.165, 1.54) is 17.6 Å². The van der Waals surface area contributed by atoms with Gasteiger partial charge in [-0.1, -0.05) is 6.07 Å². The van der Waals surface area contributed by atoms with E-state index in [0.717, 1.165) is 43.0 Å². The summed E-state index contributed by atoms with van der Waals surface area (Å²) < 4.78 is 33.8. The molecule has 1 fully saturated rings. The number of aromatic nitrogens is 2. The molecule has 4 rings (SSSR count). The van der Waals surface area contributed by atoms with Crippen LogP contribution in [0, 0.1) is 11.6 Å². The van der Waals surface area contributed by atoms with Crippen molar-refractivity contribution in [3.8, 4) is 16.3 Å². The van der Waals surface area contributed by atoms with Gasteiger partial charge in [0, 0.05) is 24.2 Å². The Labute approximate surface area is 163 Å². The van der Waals surface area contributed by atoms with E-state index in [-0.39, 0.29) is 22.4 Å². The first-order chi connectivity index (χ1) is 13.6. The van der Waals surface area contributed by atoms with Crippen molar-refractivity contribution in [2.75, 3.05) is 18.4 Å². The molecule has 2 N–H and O–H groups in total. The molecule has 3 heterocycles. The van der Waals surface area contributed by atoms with Gasteiger partial charge in [-0.3, -0.25) is 9.78 Å². The fourth-order valence-corrected chi connectivity index (χ4v) is 3.71. The van der Waals surface area contributed by atoms with E-state index in [2.05, 4.69) is 20.6 Å². The Morgan fingerprint density at radius 3 is 2.86 bits per heavy atom. The topological polar surface area (TPSA) is 76.1 Å². The van der Waals surface area contributed by atoms with Gasteiger partial charge in [0.1, 0.15) is 39.9 Å². The number of rotatable bonds is 5. The Morgan fingerprint density at radius 2 is 2.11 bits per heavy atom. The van der Waals surface area contributed by atoms with Crippen molar-refractivity contribution in [2.24, 2.45) is 0 Å². The molecule has 0 spiro atoms. The number of thiazole rings is 1. The maximum Gasteiger partial charge on any atom is 0.275 e. The Balaban J connectivity index is 1.53. The van der Waals surface area contributed by atoms with Crippen LogP contribution in [-0.2, 0) is 0 Å².